The number of nitrogens with zero attached hydrogens (tertiary/aromatic N) is 3. The van der Waals surface area contributed by atoms with Crippen LogP contribution in [0.25, 0.3) is 0 Å². The second kappa shape index (κ2) is 4.93. The zero-order chi connectivity index (χ0) is 13.3. The van der Waals surface area contributed by atoms with E-state index in [9.17, 15) is 9.59 Å². The first-order valence-corrected chi connectivity index (χ1v) is 6.21. The van der Waals surface area contributed by atoms with Gasteiger partial charge in [0.2, 0.25) is 5.91 Å². The smallest absolute Gasteiger partial charge is 0.407 e. The third-order valence-corrected chi connectivity index (χ3v) is 3.18. The molecule has 18 heavy (non-hydrogen) atoms. The summed E-state index contributed by atoms with van der Waals surface area (Å²) < 4.78 is 0.640. The Bertz CT molecular complexity index is 494. The van der Waals surface area contributed by atoms with E-state index < -0.39 is 6.09 Å². The standard InChI is InChI=1S/C11H12BrN3O3/c1-7-5-14(11(17)18)6-10(16)15(7)9-4-2-3-8(12)13-9/h2-4,7H,5-6H2,1H3,(H,17,18)/t7-/m0/s1. The summed E-state index contributed by atoms with van der Waals surface area (Å²) in [5.74, 6) is 0.272. The van der Waals surface area contributed by atoms with Crippen LogP contribution in [-0.4, -0.2) is 46.1 Å². The van der Waals surface area contributed by atoms with Crippen molar-refractivity contribution in [2.45, 2.75) is 13.0 Å². The Hall–Kier alpha value is -1.63. The van der Waals surface area contributed by atoms with E-state index >= 15 is 0 Å². The Labute approximate surface area is 112 Å². The van der Waals surface area contributed by atoms with Crippen LogP contribution in [0.1, 0.15) is 6.92 Å². The zero-order valence-electron chi connectivity index (χ0n) is 9.71. The monoisotopic (exact) mass is 313 g/mol. The number of anilines is 1. The Morgan fingerprint density at radius 2 is 2.28 bits per heavy atom. The van der Waals surface area contributed by atoms with Gasteiger partial charge in [-0.05, 0) is 35.0 Å². The van der Waals surface area contributed by atoms with E-state index in [1.165, 1.54) is 4.90 Å². The second-order valence-corrected chi connectivity index (χ2v) is 4.91. The fourth-order valence-corrected chi connectivity index (χ4v) is 2.32. The van der Waals surface area contributed by atoms with Gasteiger partial charge in [-0.1, -0.05) is 6.07 Å². The van der Waals surface area contributed by atoms with Crippen molar-refractivity contribution >= 4 is 33.7 Å². The number of rotatable bonds is 1. The molecule has 2 amide bonds. The molecule has 0 unspecified atom stereocenters. The second-order valence-electron chi connectivity index (χ2n) is 4.09. The molecule has 1 aliphatic heterocycles. The predicted molar refractivity (Wildman–Crippen MR) is 68.5 cm³/mol. The highest BCUT2D eigenvalue weighted by Crippen LogP contribution is 2.21. The van der Waals surface area contributed by atoms with Gasteiger partial charge in [-0.2, -0.15) is 0 Å². The highest BCUT2D eigenvalue weighted by atomic mass is 79.9. The van der Waals surface area contributed by atoms with Crippen LogP contribution in [0.2, 0.25) is 0 Å². The fraction of sp³-hybridized carbons (Fsp3) is 0.364. The minimum Gasteiger partial charge on any atom is -0.465 e. The number of pyridine rings is 1. The van der Waals surface area contributed by atoms with Crippen molar-refractivity contribution in [1.29, 1.82) is 0 Å². The van der Waals surface area contributed by atoms with Crippen molar-refractivity contribution in [3.05, 3.63) is 22.8 Å². The largest absolute Gasteiger partial charge is 0.465 e. The molecular weight excluding hydrogens is 302 g/mol. The molecule has 2 rings (SSSR count). The van der Waals surface area contributed by atoms with E-state index in [0.717, 1.165) is 4.90 Å². The van der Waals surface area contributed by atoms with Crippen LogP contribution in [0.5, 0.6) is 0 Å². The summed E-state index contributed by atoms with van der Waals surface area (Å²) in [6, 6.07) is 5.06. The molecule has 6 nitrogen and oxygen atoms in total. The molecular formula is C11H12BrN3O3. The van der Waals surface area contributed by atoms with E-state index in [-0.39, 0.29) is 25.0 Å². The number of piperazine rings is 1. The molecule has 1 aliphatic rings. The van der Waals surface area contributed by atoms with Crippen LogP contribution in [0.3, 0.4) is 0 Å². The summed E-state index contributed by atoms with van der Waals surface area (Å²) in [5, 5.41) is 8.91. The van der Waals surface area contributed by atoms with Crippen molar-refractivity contribution in [1.82, 2.24) is 9.88 Å². The lowest BCUT2D eigenvalue weighted by atomic mass is 10.2. The molecule has 7 heteroatoms. The minimum absolute atomic E-state index is 0.131. The van der Waals surface area contributed by atoms with Gasteiger partial charge in [-0.3, -0.25) is 14.6 Å². The van der Waals surface area contributed by atoms with Gasteiger partial charge in [0.1, 0.15) is 17.0 Å². The normalized spacial score (nSPS) is 20.1. The van der Waals surface area contributed by atoms with E-state index in [1.807, 2.05) is 0 Å². The maximum Gasteiger partial charge on any atom is 0.407 e. The van der Waals surface area contributed by atoms with Crippen LogP contribution in [-0.2, 0) is 4.79 Å². The average molecular weight is 314 g/mol. The fourth-order valence-electron chi connectivity index (χ4n) is 1.98. The van der Waals surface area contributed by atoms with Gasteiger partial charge >= 0.3 is 6.09 Å². The maximum atomic E-state index is 12.0. The van der Waals surface area contributed by atoms with Gasteiger partial charge < -0.3 is 5.11 Å². The molecule has 1 atom stereocenters. The summed E-state index contributed by atoms with van der Waals surface area (Å²) in [6.07, 6.45) is -1.07. The quantitative estimate of drug-likeness (QED) is 0.798. The van der Waals surface area contributed by atoms with Crippen molar-refractivity contribution < 1.29 is 14.7 Å². The van der Waals surface area contributed by atoms with Crippen molar-refractivity contribution in [2.75, 3.05) is 18.0 Å². The number of halogens is 1. The summed E-state index contributed by atoms with van der Waals surface area (Å²) in [5.41, 5.74) is 0. The summed E-state index contributed by atoms with van der Waals surface area (Å²) >= 11 is 3.25. The molecule has 0 radical (unpaired) electrons. The summed E-state index contributed by atoms with van der Waals surface area (Å²) in [4.78, 5) is 29.7. The molecule has 0 spiro atoms. The number of carboxylic acid groups (broad SMARTS) is 1. The summed E-state index contributed by atoms with van der Waals surface area (Å²) in [6.45, 7) is 1.96. The van der Waals surface area contributed by atoms with Crippen LogP contribution in [0.15, 0.2) is 22.8 Å². The molecule has 1 saturated heterocycles. The third kappa shape index (κ3) is 2.45. The lowest BCUT2D eigenvalue weighted by Crippen LogP contribution is -2.57. The van der Waals surface area contributed by atoms with E-state index in [2.05, 4.69) is 20.9 Å². The first-order chi connectivity index (χ1) is 8.49. The molecule has 96 valence electrons. The molecule has 0 aromatic carbocycles. The van der Waals surface area contributed by atoms with Gasteiger partial charge in [0.25, 0.3) is 0 Å². The zero-order valence-corrected chi connectivity index (χ0v) is 11.3. The Kier molecular flexibility index (Phi) is 3.51. The molecule has 1 aromatic rings. The molecule has 2 heterocycles. The van der Waals surface area contributed by atoms with E-state index in [1.54, 1.807) is 25.1 Å². The lowest BCUT2D eigenvalue weighted by molar-refractivity contribution is -0.121. The molecule has 0 bridgehead atoms. The minimum atomic E-state index is -1.07. The van der Waals surface area contributed by atoms with Crippen LogP contribution < -0.4 is 4.90 Å². The number of carbonyl (C=O) groups is 2. The van der Waals surface area contributed by atoms with Gasteiger partial charge in [0, 0.05) is 6.54 Å². The Balaban J connectivity index is 2.25. The van der Waals surface area contributed by atoms with Crippen LogP contribution in [0, 0.1) is 0 Å². The lowest BCUT2D eigenvalue weighted by Gasteiger charge is -2.37. The summed E-state index contributed by atoms with van der Waals surface area (Å²) in [7, 11) is 0. The highest BCUT2D eigenvalue weighted by molar-refractivity contribution is 9.10. The number of carbonyl (C=O) groups excluding carboxylic acids is 1. The first-order valence-electron chi connectivity index (χ1n) is 5.41. The third-order valence-electron chi connectivity index (χ3n) is 2.74. The van der Waals surface area contributed by atoms with Crippen molar-refractivity contribution in [3.63, 3.8) is 0 Å². The van der Waals surface area contributed by atoms with Gasteiger partial charge in [-0.25, -0.2) is 9.78 Å². The number of aromatic nitrogens is 1. The molecule has 0 saturated carbocycles. The predicted octanol–water partition coefficient (Wildman–Crippen LogP) is 1.56. The number of hydrogen-bond acceptors (Lipinski definition) is 3. The molecule has 1 aromatic heterocycles. The first kappa shape index (κ1) is 12.8. The Morgan fingerprint density at radius 3 is 2.83 bits per heavy atom. The van der Waals surface area contributed by atoms with Crippen molar-refractivity contribution in [2.24, 2.45) is 0 Å². The highest BCUT2D eigenvalue weighted by Gasteiger charge is 2.33. The SMILES string of the molecule is C[C@H]1CN(C(=O)O)CC(=O)N1c1cccc(Br)n1. The van der Waals surface area contributed by atoms with Crippen LogP contribution >= 0.6 is 15.9 Å². The van der Waals surface area contributed by atoms with Gasteiger partial charge in [-0.15, -0.1) is 0 Å². The van der Waals surface area contributed by atoms with E-state index in [4.69, 9.17) is 5.11 Å². The van der Waals surface area contributed by atoms with Gasteiger partial charge in [0.05, 0.1) is 6.04 Å². The molecule has 0 aliphatic carbocycles. The number of hydrogen-bond donors (Lipinski definition) is 1. The van der Waals surface area contributed by atoms with E-state index in [0.29, 0.717) is 10.4 Å². The molecule has 1 N–H and O–H groups in total. The number of amides is 2. The Morgan fingerprint density at radius 1 is 1.56 bits per heavy atom. The average Bonchev–Trinajstić information content (AvgIpc) is 2.27. The van der Waals surface area contributed by atoms with Gasteiger partial charge in [0.15, 0.2) is 0 Å². The van der Waals surface area contributed by atoms with Crippen molar-refractivity contribution in [3.8, 4) is 0 Å². The molecule has 1 fully saturated rings. The maximum absolute atomic E-state index is 12.0. The van der Waals surface area contributed by atoms with Crippen LogP contribution in [0.4, 0.5) is 10.6 Å². The topological polar surface area (TPSA) is 73.7 Å².